The summed E-state index contributed by atoms with van der Waals surface area (Å²) < 4.78 is 0. The molecule has 14 heavy (non-hydrogen) atoms. The predicted molar refractivity (Wildman–Crippen MR) is 48.5 cm³/mol. The zero-order valence-corrected chi connectivity index (χ0v) is 7.23. The highest BCUT2D eigenvalue weighted by atomic mass is 16.3. The fourth-order valence-electron chi connectivity index (χ4n) is 0.772. The molecular formula is C7H10N4O3. The number of aromatic nitrogens is 2. The van der Waals surface area contributed by atoms with Crippen LogP contribution in [0.3, 0.4) is 0 Å². The van der Waals surface area contributed by atoms with Gasteiger partial charge in [-0.15, -0.1) is 0 Å². The van der Waals surface area contributed by atoms with Gasteiger partial charge in [0.2, 0.25) is 5.91 Å². The minimum atomic E-state index is -1.34. The summed E-state index contributed by atoms with van der Waals surface area (Å²) in [6.07, 6.45) is 1.41. The summed E-state index contributed by atoms with van der Waals surface area (Å²) in [5, 5.41) is 11.5. The Balaban J connectivity index is 2.58. The van der Waals surface area contributed by atoms with Gasteiger partial charge in [-0.25, -0.2) is 4.98 Å². The number of hydrogen-bond donors (Lipinski definition) is 4. The fourth-order valence-corrected chi connectivity index (χ4v) is 0.772. The second-order valence-corrected chi connectivity index (χ2v) is 2.57. The second kappa shape index (κ2) is 4.38. The normalized spacial score (nSPS) is 12.1. The van der Waals surface area contributed by atoms with E-state index < -0.39 is 17.6 Å². The van der Waals surface area contributed by atoms with E-state index in [0.29, 0.717) is 0 Å². The zero-order chi connectivity index (χ0) is 10.6. The molecule has 0 saturated carbocycles. The van der Waals surface area contributed by atoms with Crippen molar-refractivity contribution in [3.63, 3.8) is 0 Å². The number of aromatic amines is 1. The first kappa shape index (κ1) is 10.2. The Morgan fingerprint density at radius 3 is 3.07 bits per heavy atom. The number of nitrogens with zero attached hydrogens (tertiary/aromatic N) is 1. The molecule has 0 aliphatic heterocycles. The first-order chi connectivity index (χ1) is 6.61. The molecule has 0 fully saturated rings. The smallest absolute Gasteiger partial charge is 0.290 e. The number of carbonyl (C=O) groups excluding carboxylic acids is 1. The lowest BCUT2D eigenvalue weighted by Crippen LogP contribution is -2.35. The van der Waals surface area contributed by atoms with Gasteiger partial charge in [0.15, 0.2) is 5.82 Å². The number of hydrogen-bond acceptors (Lipinski definition) is 5. The van der Waals surface area contributed by atoms with E-state index in [-0.39, 0.29) is 12.4 Å². The lowest BCUT2D eigenvalue weighted by atomic mass is 10.3. The fraction of sp³-hybridized carbons (Fsp3) is 0.286. The first-order valence-electron chi connectivity index (χ1n) is 3.86. The van der Waals surface area contributed by atoms with Crippen molar-refractivity contribution in [2.24, 2.45) is 5.73 Å². The molecule has 5 N–H and O–H groups in total. The summed E-state index contributed by atoms with van der Waals surface area (Å²) in [7, 11) is 0. The number of rotatable bonds is 4. The minimum Gasteiger partial charge on any atom is -0.381 e. The number of carbonyl (C=O) groups is 1. The number of anilines is 1. The molecule has 0 aromatic carbocycles. The molecule has 0 aliphatic rings. The Morgan fingerprint density at radius 1 is 1.79 bits per heavy atom. The van der Waals surface area contributed by atoms with Crippen LogP contribution < -0.4 is 16.6 Å². The van der Waals surface area contributed by atoms with Crippen molar-refractivity contribution in [1.29, 1.82) is 0 Å². The molecule has 1 atom stereocenters. The van der Waals surface area contributed by atoms with Gasteiger partial charge in [-0.3, -0.25) is 9.59 Å². The monoisotopic (exact) mass is 198 g/mol. The summed E-state index contributed by atoms with van der Waals surface area (Å²) in [6.45, 7) is -0.143. The topological polar surface area (TPSA) is 121 Å². The van der Waals surface area contributed by atoms with Gasteiger partial charge in [0.1, 0.15) is 6.10 Å². The van der Waals surface area contributed by atoms with Crippen molar-refractivity contribution in [3.8, 4) is 0 Å². The van der Waals surface area contributed by atoms with E-state index in [9.17, 15) is 9.59 Å². The molecule has 1 aromatic heterocycles. The number of nitrogens with two attached hydrogens (primary N) is 1. The summed E-state index contributed by atoms with van der Waals surface area (Å²) in [6, 6.07) is 0. The molecule has 0 bridgehead atoms. The molecule has 0 saturated heterocycles. The molecule has 0 spiro atoms. The van der Waals surface area contributed by atoms with Crippen LogP contribution in [0.4, 0.5) is 5.82 Å². The van der Waals surface area contributed by atoms with Gasteiger partial charge in [-0.05, 0) is 0 Å². The van der Waals surface area contributed by atoms with Crippen molar-refractivity contribution in [1.82, 2.24) is 9.97 Å². The third-order valence-corrected chi connectivity index (χ3v) is 1.50. The van der Waals surface area contributed by atoms with Gasteiger partial charge in [-0.1, -0.05) is 0 Å². The van der Waals surface area contributed by atoms with Gasteiger partial charge in [0, 0.05) is 12.4 Å². The molecule has 0 aliphatic carbocycles. The average Bonchev–Trinajstić information content (AvgIpc) is 2.16. The Morgan fingerprint density at radius 2 is 2.50 bits per heavy atom. The van der Waals surface area contributed by atoms with Crippen molar-refractivity contribution < 1.29 is 9.90 Å². The predicted octanol–water partition coefficient (Wildman–Crippen LogP) is -1.97. The lowest BCUT2D eigenvalue weighted by molar-refractivity contribution is -0.125. The van der Waals surface area contributed by atoms with Gasteiger partial charge >= 0.3 is 0 Å². The quantitative estimate of drug-likeness (QED) is 0.447. The van der Waals surface area contributed by atoms with E-state index in [2.05, 4.69) is 15.3 Å². The maximum absolute atomic E-state index is 11.0. The van der Waals surface area contributed by atoms with Crippen LogP contribution in [-0.4, -0.2) is 33.6 Å². The SMILES string of the molecule is NC(=O)C(O)CNc1ncc[nH]c1=O. The van der Waals surface area contributed by atoms with Gasteiger partial charge in [0.25, 0.3) is 5.56 Å². The van der Waals surface area contributed by atoms with Crippen LogP contribution in [0.25, 0.3) is 0 Å². The van der Waals surface area contributed by atoms with Crippen LogP contribution in [0.5, 0.6) is 0 Å². The molecule has 76 valence electrons. The largest absolute Gasteiger partial charge is 0.381 e. The van der Waals surface area contributed by atoms with Crippen LogP contribution in [0.1, 0.15) is 0 Å². The first-order valence-corrected chi connectivity index (χ1v) is 3.86. The molecule has 1 rings (SSSR count). The summed E-state index contributed by atoms with van der Waals surface area (Å²) in [5.41, 5.74) is 4.38. The standard InChI is InChI=1S/C7H10N4O3/c8-5(13)4(12)3-11-6-7(14)10-2-1-9-6/h1-2,4,12H,3H2,(H2,8,13)(H,9,11)(H,10,14). The molecule has 1 heterocycles. The van der Waals surface area contributed by atoms with Crippen LogP contribution >= 0.6 is 0 Å². The summed E-state index contributed by atoms with van der Waals surface area (Å²) >= 11 is 0. The average molecular weight is 198 g/mol. The molecule has 7 nitrogen and oxygen atoms in total. The third kappa shape index (κ3) is 2.56. The Kier molecular flexibility index (Phi) is 3.19. The number of nitrogens with one attached hydrogen (secondary N) is 2. The van der Waals surface area contributed by atoms with E-state index >= 15 is 0 Å². The second-order valence-electron chi connectivity index (χ2n) is 2.57. The van der Waals surface area contributed by atoms with Gasteiger partial charge < -0.3 is 21.1 Å². The van der Waals surface area contributed by atoms with Crippen LogP contribution in [0.15, 0.2) is 17.2 Å². The van der Waals surface area contributed by atoms with E-state index in [1.807, 2.05) is 0 Å². The molecule has 1 amide bonds. The lowest BCUT2D eigenvalue weighted by Gasteiger charge is -2.07. The maximum Gasteiger partial charge on any atom is 0.290 e. The maximum atomic E-state index is 11.0. The third-order valence-electron chi connectivity index (χ3n) is 1.50. The van der Waals surface area contributed by atoms with E-state index in [1.54, 1.807) is 0 Å². The Labute approximate surface area is 79.0 Å². The van der Waals surface area contributed by atoms with Crippen LogP contribution in [0, 0.1) is 0 Å². The van der Waals surface area contributed by atoms with Crippen molar-refractivity contribution in [3.05, 3.63) is 22.7 Å². The minimum absolute atomic E-state index is 0.0350. The molecule has 1 aromatic rings. The summed E-state index contributed by atoms with van der Waals surface area (Å²) in [4.78, 5) is 27.5. The Bertz CT molecular complexity index is 375. The van der Waals surface area contributed by atoms with Gasteiger partial charge in [-0.2, -0.15) is 0 Å². The van der Waals surface area contributed by atoms with Crippen LogP contribution in [0.2, 0.25) is 0 Å². The number of aliphatic hydroxyl groups is 1. The number of aliphatic hydroxyl groups excluding tert-OH is 1. The highest BCUT2D eigenvalue weighted by molar-refractivity contribution is 5.79. The number of H-pyrrole nitrogens is 1. The highest BCUT2D eigenvalue weighted by Gasteiger charge is 2.10. The van der Waals surface area contributed by atoms with E-state index in [0.717, 1.165) is 0 Å². The van der Waals surface area contributed by atoms with Crippen molar-refractivity contribution >= 4 is 11.7 Å². The molecular weight excluding hydrogens is 188 g/mol. The van der Waals surface area contributed by atoms with E-state index in [4.69, 9.17) is 10.8 Å². The molecule has 1 unspecified atom stereocenters. The van der Waals surface area contributed by atoms with Gasteiger partial charge in [0.05, 0.1) is 6.54 Å². The van der Waals surface area contributed by atoms with Crippen LogP contribution in [-0.2, 0) is 4.79 Å². The number of amides is 1. The van der Waals surface area contributed by atoms with Crippen molar-refractivity contribution in [2.75, 3.05) is 11.9 Å². The van der Waals surface area contributed by atoms with Crippen molar-refractivity contribution in [2.45, 2.75) is 6.10 Å². The zero-order valence-electron chi connectivity index (χ0n) is 7.23. The number of primary amides is 1. The molecule has 0 radical (unpaired) electrons. The summed E-state index contributed by atoms with van der Waals surface area (Å²) in [5.74, 6) is -0.822. The van der Waals surface area contributed by atoms with E-state index in [1.165, 1.54) is 12.4 Å². The highest BCUT2D eigenvalue weighted by Crippen LogP contribution is 1.90. The Hall–Kier alpha value is -1.89. The molecule has 7 heteroatoms.